The van der Waals surface area contributed by atoms with Gasteiger partial charge in [-0.05, 0) is 25.0 Å². The zero-order chi connectivity index (χ0) is 20.2. The second-order valence-corrected chi connectivity index (χ2v) is 8.22. The molecule has 0 fully saturated rings. The number of nitrogens with zero attached hydrogens (tertiary/aromatic N) is 1. The van der Waals surface area contributed by atoms with E-state index < -0.39 is 25.7 Å². The zero-order valence-corrected chi connectivity index (χ0v) is 15.2. The molecule has 0 amide bonds. The van der Waals surface area contributed by atoms with E-state index in [-0.39, 0.29) is 5.75 Å². The van der Waals surface area contributed by atoms with E-state index in [4.69, 9.17) is 17.5 Å². The van der Waals surface area contributed by atoms with Crippen LogP contribution in [0.2, 0.25) is 0 Å². The molecule has 26 heavy (non-hydrogen) atoms. The topological polar surface area (TPSA) is 131 Å². The number of aromatic amines is 1. The number of unbranched alkanes of at least 4 members (excludes halogenated alkanes) is 1. The van der Waals surface area contributed by atoms with Crippen molar-refractivity contribution < 1.29 is 43.7 Å². The molecule has 0 atom stereocenters. The van der Waals surface area contributed by atoms with Crippen molar-refractivity contribution in [2.75, 3.05) is 5.75 Å². The summed E-state index contributed by atoms with van der Waals surface area (Å²) < 4.78 is 90.9. The molecule has 2 rings (SSSR count). The average molecular weight is 418 g/mol. The number of para-hydroxylation sites is 2. The van der Waals surface area contributed by atoms with E-state index in [0.29, 0.717) is 12.8 Å². The Labute approximate surface area is 148 Å². The first kappa shape index (κ1) is 22.3. The van der Waals surface area contributed by atoms with E-state index in [0.717, 1.165) is 23.4 Å². The minimum absolute atomic E-state index is 0.172. The fourth-order valence-corrected chi connectivity index (χ4v) is 2.67. The van der Waals surface area contributed by atoms with E-state index in [9.17, 15) is 21.6 Å². The van der Waals surface area contributed by atoms with Crippen molar-refractivity contribution in [3.8, 4) is 0 Å². The Hall–Kier alpha value is -1.70. The third kappa shape index (κ3) is 6.90. The van der Waals surface area contributed by atoms with Crippen LogP contribution in [0.3, 0.4) is 0 Å². The first-order valence-corrected chi connectivity index (χ1v) is 10.2. The van der Waals surface area contributed by atoms with Crippen LogP contribution in [-0.4, -0.2) is 42.2 Å². The van der Waals surface area contributed by atoms with Crippen molar-refractivity contribution in [2.24, 2.45) is 0 Å². The van der Waals surface area contributed by atoms with Gasteiger partial charge in [0.2, 0.25) is 0 Å². The van der Waals surface area contributed by atoms with Crippen LogP contribution in [0, 0.1) is 6.92 Å². The number of imidazole rings is 1. The van der Waals surface area contributed by atoms with Crippen LogP contribution in [0.4, 0.5) is 13.2 Å². The third-order valence-electron chi connectivity index (χ3n) is 3.23. The molecule has 13 heteroatoms. The Morgan fingerprint density at radius 1 is 1.15 bits per heavy atom. The molecule has 1 aromatic heterocycles. The molecule has 0 unspecified atom stereocenters. The smallest absolute Gasteiger partial charge is 0.485 e. The number of rotatable bonds is 5. The molecule has 2 aromatic rings. The van der Waals surface area contributed by atoms with Crippen molar-refractivity contribution in [1.82, 2.24) is 4.98 Å². The fourth-order valence-electron chi connectivity index (χ4n) is 2.10. The van der Waals surface area contributed by atoms with Gasteiger partial charge in [0.15, 0.2) is 21.2 Å². The second-order valence-electron chi connectivity index (χ2n) is 5.27. The first-order valence-electron chi connectivity index (χ1n) is 7.17. The number of aromatic nitrogens is 2. The van der Waals surface area contributed by atoms with Gasteiger partial charge in [-0.3, -0.25) is 4.55 Å². The highest BCUT2D eigenvalue weighted by atomic mass is 32.2. The molecule has 0 aliphatic heterocycles. The maximum absolute atomic E-state index is 10.7. The zero-order valence-electron chi connectivity index (χ0n) is 13.5. The lowest BCUT2D eigenvalue weighted by atomic mass is 10.3. The Morgan fingerprint density at radius 3 is 2.19 bits per heavy atom. The summed E-state index contributed by atoms with van der Waals surface area (Å²) in [6.07, 6.45) is 1.18. The summed E-state index contributed by atoms with van der Waals surface area (Å²) >= 11 is 0. The number of alkyl halides is 3. The molecule has 0 saturated carbocycles. The molecule has 0 spiro atoms. The van der Waals surface area contributed by atoms with Gasteiger partial charge in [-0.15, -0.1) is 0 Å². The minimum Gasteiger partial charge on any atom is -0.741 e. The van der Waals surface area contributed by atoms with Crippen LogP contribution in [0.15, 0.2) is 24.3 Å². The van der Waals surface area contributed by atoms with Crippen molar-refractivity contribution in [2.45, 2.75) is 31.8 Å². The fraction of sp³-hybridized carbons (Fsp3) is 0.462. The van der Waals surface area contributed by atoms with Crippen molar-refractivity contribution in [3.05, 3.63) is 30.1 Å². The summed E-state index contributed by atoms with van der Waals surface area (Å²) in [4.78, 5) is 3.28. The molecule has 0 aliphatic carbocycles. The van der Waals surface area contributed by atoms with E-state index in [1.807, 2.05) is 31.2 Å². The lowest BCUT2D eigenvalue weighted by Crippen LogP contribution is -2.35. The molecule has 0 bridgehead atoms. The molecule has 148 valence electrons. The summed E-state index contributed by atoms with van der Waals surface area (Å²) in [5.74, 6) is 0.873. The maximum atomic E-state index is 10.7. The molecule has 8 nitrogen and oxygen atoms in total. The van der Waals surface area contributed by atoms with Gasteiger partial charge >= 0.3 is 5.51 Å². The Balaban J connectivity index is 0.000000359. The van der Waals surface area contributed by atoms with Crippen LogP contribution >= 0.6 is 0 Å². The summed E-state index contributed by atoms with van der Waals surface area (Å²) in [6.45, 7) is 2.73. The van der Waals surface area contributed by atoms with Crippen molar-refractivity contribution in [1.29, 1.82) is 0 Å². The summed E-state index contributed by atoms with van der Waals surface area (Å²) in [7, 11) is -9.93. The van der Waals surface area contributed by atoms with Gasteiger partial charge < -0.3 is 4.55 Å². The van der Waals surface area contributed by atoms with Crippen molar-refractivity contribution in [3.63, 3.8) is 0 Å². The normalized spacial score (nSPS) is 12.7. The number of benzene rings is 1. The number of aryl methyl sites for hydroxylation is 2. The van der Waals surface area contributed by atoms with Crippen LogP contribution in [0.5, 0.6) is 0 Å². The molecule has 2 N–H and O–H groups in total. The summed E-state index contributed by atoms with van der Waals surface area (Å²) in [6, 6.07) is 7.99. The largest absolute Gasteiger partial charge is 0.741 e. The van der Waals surface area contributed by atoms with Gasteiger partial charge in [0.1, 0.15) is 0 Å². The molecule has 0 saturated heterocycles. The van der Waals surface area contributed by atoms with Gasteiger partial charge in [-0.2, -0.15) is 21.6 Å². The molecular weight excluding hydrogens is 401 g/mol. The Kier molecular flexibility index (Phi) is 7.16. The highest BCUT2D eigenvalue weighted by Crippen LogP contribution is 2.20. The highest BCUT2D eigenvalue weighted by Gasteiger charge is 2.36. The van der Waals surface area contributed by atoms with E-state index >= 15 is 0 Å². The lowest BCUT2D eigenvalue weighted by molar-refractivity contribution is -0.677. The number of hydrogen-bond acceptors (Lipinski definition) is 5. The lowest BCUT2D eigenvalue weighted by Gasteiger charge is -2.08. The van der Waals surface area contributed by atoms with Gasteiger partial charge in [-0.1, -0.05) is 12.1 Å². The van der Waals surface area contributed by atoms with Crippen LogP contribution in [0.25, 0.3) is 11.0 Å². The average Bonchev–Trinajstić information content (AvgIpc) is 2.77. The van der Waals surface area contributed by atoms with Gasteiger partial charge in [0.05, 0.1) is 12.3 Å². The molecule has 1 aromatic carbocycles. The van der Waals surface area contributed by atoms with Crippen LogP contribution < -0.4 is 4.57 Å². The van der Waals surface area contributed by atoms with Gasteiger partial charge in [0.25, 0.3) is 15.9 Å². The predicted octanol–water partition coefficient (Wildman–Crippen LogP) is 1.48. The standard InChI is InChI=1S/C12H16N2O3S.CHF3O3S/c1-10-13-11-6-2-3-7-12(11)14(10)8-4-5-9-18(15,16)17;2-1(3,4)8(5,6)7/h2-3,6-7H,4-5,8-9H2,1H3,(H,15,16,17);(H,5,6,7). The van der Waals surface area contributed by atoms with E-state index in [1.165, 1.54) is 0 Å². The van der Waals surface area contributed by atoms with Gasteiger partial charge in [-0.25, -0.2) is 18.0 Å². The Bertz CT molecular complexity index is 952. The van der Waals surface area contributed by atoms with E-state index in [2.05, 4.69) is 9.55 Å². The third-order valence-corrected chi connectivity index (χ3v) is 4.60. The monoisotopic (exact) mass is 418 g/mol. The molecule has 1 heterocycles. The minimum atomic E-state index is -6.09. The van der Waals surface area contributed by atoms with Crippen LogP contribution in [-0.2, 0) is 26.8 Å². The maximum Gasteiger partial charge on any atom is 0.485 e. The summed E-state index contributed by atoms with van der Waals surface area (Å²) in [5, 5.41) is 0. The quantitative estimate of drug-likeness (QED) is 0.327. The SMILES string of the molecule is Cc1[nH]c2ccccc2[n+]1CCCCS(=O)(=O)O.O=S(=O)([O-])C(F)(F)F. The predicted molar refractivity (Wildman–Crippen MR) is 84.6 cm³/mol. The molecule has 0 aliphatic rings. The number of fused-ring (bicyclic) bond motifs is 1. The number of H-pyrrole nitrogens is 1. The van der Waals surface area contributed by atoms with Crippen LogP contribution in [0.1, 0.15) is 18.7 Å². The Morgan fingerprint density at radius 2 is 1.69 bits per heavy atom. The molecule has 0 radical (unpaired) electrons. The first-order chi connectivity index (χ1) is 11.7. The summed E-state index contributed by atoms with van der Waals surface area (Å²) in [5.41, 5.74) is -3.46. The second kappa shape index (κ2) is 8.33. The van der Waals surface area contributed by atoms with Crippen molar-refractivity contribution >= 4 is 31.3 Å². The number of nitrogens with one attached hydrogen (secondary N) is 1. The number of halogens is 3. The number of hydrogen-bond donors (Lipinski definition) is 2. The van der Waals surface area contributed by atoms with E-state index in [1.54, 1.807) is 0 Å². The van der Waals surface area contributed by atoms with Gasteiger partial charge in [0, 0.05) is 6.92 Å². The molecular formula is C13H17F3N2O6S2. The highest BCUT2D eigenvalue weighted by molar-refractivity contribution is 7.86.